The molecular formula is C33H49FN2O6SSi. The minimum absolute atomic E-state index is 0.0343. The van der Waals surface area contributed by atoms with Crippen LogP contribution in [0.25, 0.3) is 17.2 Å². The zero-order valence-corrected chi connectivity index (χ0v) is 30.1. The number of nitrogens with zero attached hydrogens (tertiary/aromatic N) is 2. The van der Waals surface area contributed by atoms with Crippen LogP contribution in [0.3, 0.4) is 0 Å². The Balaban J connectivity index is 2.70. The smallest absolute Gasteiger partial charge is 0.313 e. The van der Waals surface area contributed by atoms with Gasteiger partial charge in [0.2, 0.25) is 10.0 Å². The second-order valence-corrected chi connectivity index (χ2v) is 20.8. The topological polar surface area (TPSA) is 103 Å². The Morgan fingerprint density at radius 1 is 1.07 bits per heavy atom. The highest BCUT2D eigenvalue weighted by atomic mass is 32.2. The Kier molecular flexibility index (Phi) is 11.9. The number of anilines is 1. The summed E-state index contributed by atoms with van der Waals surface area (Å²) in [7, 11) is -4.54. The van der Waals surface area contributed by atoms with Crippen molar-refractivity contribution >= 4 is 42.0 Å². The number of hydrogen-bond donors (Lipinski definition) is 0. The highest BCUT2D eigenvalue weighted by Gasteiger charge is 2.39. The summed E-state index contributed by atoms with van der Waals surface area (Å²) >= 11 is 0. The molecule has 1 aromatic heterocycles. The van der Waals surface area contributed by atoms with E-state index in [9.17, 15) is 22.4 Å². The third-order valence-corrected chi connectivity index (χ3v) is 13.2. The lowest BCUT2D eigenvalue weighted by Gasteiger charge is -2.38. The van der Waals surface area contributed by atoms with Crippen molar-refractivity contribution in [2.75, 3.05) is 17.6 Å². The molecule has 0 unspecified atom stereocenters. The predicted molar refractivity (Wildman–Crippen MR) is 178 cm³/mol. The zero-order chi connectivity index (χ0) is 33.8. The largest absolute Gasteiger partial charge is 0.460 e. The van der Waals surface area contributed by atoms with Gasteiger partial charge in [0.05, 0.1) is 18.1 Å². The van der Waals surface area contributed by atoms with E-state index in [1.165, 1.54) is 19.2 Å². The van der Waals surface area contributed by atoms with Crippen molar-refractivity contribution in [3.8, 4) is 11.1 Å². The van der Waals surface area contributed by atoms with Crippen LogP contribution in [0.2, 0.25) is 18.1 Å². The molecule has 1 atom stereocenters. The molecule has 8 nitrogen and oxygen atoms in total. The van der Waals surface area contributed by atoms with Crippen LogP contribution in [0.15, 0.2) is 36.4 Å². The van der Waals surface area contributed by atoms with Crippen LogP contribution >= 0.6 is 0 Å². The molecule has 0 aliphatic rings. The summed E-state index contributed by atoms with van der Waals surface area (Å²) in [4.78, 5) is 30.2. The number of aromatic nitrogens is 1. The molecule has 0 aliphatic carbocycles. The second-order valence-electron chi connectivity index (χ2n) is 14.0. The van der Waals surface area contributed by atoms with E-state index in [0.717, 1.165) is 10.6 Å². The Labute approximate surface area is 264 Å². The van der Waals surface area contributed by atoms with Gasteiger partial charge in [-0.15, -0.1) is 0 Å². The van der Waals surface area contributed by atoms with Gasteiger partial charge in [-0.3, -0.25) is 13.9 Å². The van der Waals surface area contributed by atoms with Gasteiger partial charge in [0.25, 0.3) is 0 Å². The molecule has 0 fully saturated rings. The molecule has 2 rings (SSSR count). The van der Waals surface area contributed by atoms with Gasteiger partial charge in [-0.1, -0.05) is 58.9 Å². The van der Waals surface area contributed by atoms with E-state index >= 15 is 0 Å². The van der Waals surface area contributed by atoms with Crippen molar-refractivity contribution in [3.63, 3.8) is 0 Å². The van der Waals surface area contributed by atoms with Crippen LogP contribution < -0.4 is 4.31 Å². The van der Waals surface area contributed by atoms with E-state index in [1.54, 1.807) is 39.0 Å². The molecule has 0 aliphatic heterocycles. The summed E-state index contributed by atoms with van der Waals surface area (Å²) in [6, 6.07) is 7.61. The monoisotopic (exact) mass is 648 g/mol. The maximum Gasteiger partial charge on any atom is 0.313 e. The van der Waals surface area contributed by atoms with Crippen LogP contribution in [-0.2, 0) is 28.8 Å². The molecule has 0 bridgehead atoms. The van der Waals surface area contributed by atoms with E-state index in [1.807, 2.05) is 26.0 Å². The van der Waals surface area contributed by atoms with Crippen LogP contribution in [-0.4, -0.2) is 58.5 Å². The van der Waals surface area contributed by atoms with Gasteiger partial charge in [-0.05, 0) is 74.1 Å². The molecule has 11 heteroatoms. The standard InChI is InChI=1S/C33H49FN2O6SSi/c1-22(2)31-27(28(23-13-15-24(34)16-14-23)21-29(35-31)36(9)43(10,39)40)18-17-26(42-44(11,12)33(6,7)8)19-25(37)20-30(38)41-32(3,4)5/h13-18,21-22,26H,19-20H2,1-12H3/b18-17+/t26-/m1/s1. The number of ether oxygens (including phenoxy) is 1. The summed E-state index contributed by atoms with van der Waals surface area (Å²) in [6.07, 6.45) is 3.70. The molecule has 0 N–H and O–H groups in total. The molecule has 244 valence electrons. The highest BCUT2D eigenvalue weighted by Crippen LogP contribution is 2.39. The number of esters is 1. The Bertz CT molecular complexity index is 1470. The normalized spacial score (nSPS) is 13.8. The van der Waals surface area contributed by atoms with Gasteiger partial charge < -0.3 is 9.16 Å². The number of pyridine rings is 1. The van der Waals surface area contributed by atoms with Crippen molar-refractivity contribution in [3.05, 3.63) is 53.5 Å². The van der Waals surface area contributed by atoms with Crippen LogP contribution in [0.5, 0.6) is 0 Å². The molecule has 1 aromatic carbocycles. The first-order valence-corrected chi connectivity index (χ1v) is 19.5. The third-order valence-electron chi connectivity index (χ3n) is 7.52. The summed E-state index contributed by atoms with van der Waals surface area (Å²) in [5.74, 6) is -1.18. The van der Waals surface area contributed by atoms with E-state index in [2.05, 4.69) is 33.9 Å². The van der Waals surface area contributed by atoms with Gasteiger partial charge in [-0.2, -0.15) is 0 Å². The summed E-state index contributed by atoms with van der Waals surface area (Å²) in [5, 5.41) is -0.144. The van der Waals surface area contributed by atoms with Crippen molar-refractivity contribution < 1.29 is 31.6 Å². The number of sulfonamides is 1. The van der Waals surface area contributed by atoms with E-state index in [-0.39, 0.29) is 35.4 Å². The lowest BCUT2D eigenvalue weighted by Crippen LogP contribution is -2.44. The fourth-order valence-electron chi connectivity index (χ4n) is 4.12. The van der Waals surface area contributed by atoms with Gasteiger partial charge in [0.15, 0.2) is 8.32 Å². The summed E-state index contributed by atoms with van der Waals surface area (Å²) in [5.41, 5.74) is 1.93. The number of benzene rings is 1. The zero-order valence-electron chi connectivity index (χ0n) is 28.2. The Morgan fingerprint density at radius 3 is 2.11 bits per heavy atom. The molecular weight excluding hydrogens is 600 g/mol. The SMILES string of the molecule is CC(C)c1nc(N(C)S(C)(=O)=O)cc(-c2ccc(F)cc2)c1/C=C/[C@H](CC(=O)CC(=O)OC(C)(C)C)O[Si](C)(C)C(C)(C)C. The minimum Gasteiger partial charge on any atom is -0.460 e. The molecule has 44 heavy (non-hydrogen) atoms. The quantitative estimate of drug-likeness (QED) is 0.133. The molecule has 1 heterocycles. The van der Waals surface area contributed by atoms with Crippen LogP contribution in [0.1, 0.15) is 85.4 Å². The molecule has 0 amide bonds. The van der Waals surface area contributed by atoms with Gasteiger partial charge in [-0.25, -0.2) is 17.8 Å². The summed E-state index contributed by atoms with van der Waals surface area (Å²) < 4.78 is 51.9. The number of halogens is 1. The highest BCUT2D eigenvalue weighted by molar-refractivity contribution is 7.92. The van der Waals surface area contributed by atoms with Crippen molar-refractivity contribution in [1.29, 1.82) is 0 Å². The fraction of sp³-hybridized carbons (Fsp3) is 0.545. The van der Waals surface area contributed by atoms with Crippen molar-refractivity contribution in [2.24, 2.45) is 0 Å². The lowest BCUT2D eigenvalue weighted by atomic mass is 9.93. The van der Waals surface area contributed by atoms with Crippen molar-refractivity contribution in [2.45, 2.75) is 104 Å². The average Bonchev–Trinajstić information content (AvgIpc) is 2.84. The predicted octanol–water partition coefficient (Wildman–Crippen LogP) is 7.50. The van der Waals surface area contributed by atoms with Gasteiger partial charge in [0.1, 0.15) is 29.4 Å². The second kappa shape index (κ2) is 14.0. The maximum absolute atomic E-state index is 13.9. The average molecular weight is 649 g/mol. The molecule has 0 saturated carbocycles. The van der Waals surface area contributed by atoms with Gasteiger partial charge >= 0.3 is 5.97 Å². The first kappa shape index (κ1) is 37.3. The first-order valence-electron chi connectivity index (χ1n) is 14.8. The van der Waals surface area contributed by atoms with Gasteiger partial charge in [0, 0.05) is 19.0 Å². The number of hydrogen-bond acceptors (Lipinski definition) is 7. The Hall–Kier alpha value is -2.89. The number of carbonyl (C=O) groups excluding carboxylic acids is 2. The number of carbonyl (C=O) groups is 2. The van der Waals surface area contributed by atoms with E-state index in [0.29, 0.717) is 22.4 Å². The molecule has 2 aromatic rings. The lowest BCUT2D eigenvalue weighted by molar-refractivity contribution is -0.156. The molecule has 0 saturated heterocycles. The number of rotatable bonds is 12. The van der Waals surface area contributed by atoms with Crippen LogP contribution in [0.4, 0.5) is 10.2 Å². The first-order chi connectivity index (χ1) is 19.9. The summed E-state index contributed by atoms with van der Waals surface area (Å²) in [6.45, 7) is 19.6. The maximum atomic E-state index is 13.9. The van der Waals surface area contributed by atoms with Crippen LogP contribution in [0, 0.1) is 5.82 Å². The minimum atomic E-state index is -3.61. The Morgan fingerprint density at radius 2 is 1.64 bits per heavy atom. The number of ketones is 1. The molecule has 0 radical (unpaired) electrons. The fourth-order valence-corrected chi connectivity index (χ4v) is 5.82. The van der Waals surface area contributed by atoms with Crippen molar-refractivity contribution in [1.82, 2.24) is 4.98 Å². The van der Waals surface area contributed by atoms with E-state index < -0.39 is 41.8 Å². The molecule has 0 spiro atoms. The number of Topliss-reactive ketones (excluding diaryl/α,β-unsaturated/α-hetero) is 1. The van der Waals surface area contributed by atoms with E-state index in [4.69, 9.17) is 14.1 Å². The third kappa shape index (κ3) is 10.6.